The van der Waals surface area contributed by atoms with Crippen LogP contribution in [0.3, 0.4) is 0 Å². The number of esters is 2. The van der Waals surface area contributed by atoms with Gasteiger partial charge in [-0.3, -0.25) is 0 Å². The van der Waals surface area contributed by atoms with Crippen LogP contribution in [0.4, 0.5) is 0 Å². The quantitative estimate of drug-likeness (QED) is 0.369. The van der Waals surface area contributed by atoms with E-state index in [0.717, 1.165) is 14.2 Å². The summed E-state index contributed by atoms with van der Waals surface area (Å²) in [5.41, 5.74) is 6.83. The van der Waals surface area contributed by atoms with Gasteiger partial charge in [0, 0.05) is 0 Å². The van der Waals surface area contributed by atoms with Gasteiger partial charge in [0.05, 0.1) is 14.2 Å². The first-order valence-corrected chi connectivity index (χ1v) is 2.50. The molecule has 0 spiro atoms. The van der Waals surface area contributed by atoms with E-state index in [4.69, 9.17) is 5.73 Å². The van der Waals surface area contributed by atoms with Gasteiger partial charge >= 0.3 is 11.9 Å². The molecule has 57 valence electrons. The molecule has 1 N–H and O–H groups in total. The molecule has 5 nitrogen and oxygen atoms in total. The summed E-state index contributed by atoms with van der Waals surface area (Å²) >= 11 is 0. The third-order valence-corrected chi connectivity index (χ3v) is 0.874. The molecule has 0 saturated carbocycles. The second kappa shape index (κ2) is 3.84. The largest absolute Gasteiger partial charge is 0.467 e. The Kier molecular flexibility index (Phi) is 3.42. The molecule has 0 aromatic carbocycles. The lowest BCUT2D eigenvalue weighted by molar-refractivity contribution is -0.154. The number of nitrogens with one attached hydrogen (secondary N) is 1. The molecular weight excluding hydrogens is 138 g/mol. The molecule has 0 unspecified atom stereocenters. The SMILES string of the molecule is COC(=O)C([NH])C(=O)OC. The Morgan fingerprint density at radius 2 is 1.50 bits per heavy atom. The van der Waals surface area contributed by atoms with Gasteiger partial charge in [0.15, 0.2) is 0 Å². The maximum atomic E-state index is 10.4. The first-order chi connectivity index (χ1) is 4.63. The van der Waals surface area contributed by atoms with Crippen molar-refractivity contribution in [2.24, 2.45) is 0 Å². The number of hydrogen-bond acceptors (Lipinski definition) is 4. The number of carbonyl (C=O) groups excluding carboxylic acids is 2. The predicted octanol–water partition coefficient (Wildman–Crippen LogP) is -1.02. The molecule has 0 aromatic rings. The Morgan fingerprint density at radius 1 is 1.20 bits per heavy atom. The fraction of sp³-hybridized carbons (Fsp3) is 0.600. The van der Waals surface area contributed by atoms with Gasteiger partial charge in [-0.1, -0.05) is 0 Å². The van der Waals surface area contributed by atoms with Crippen LogP contribution in [0, 0.1) is 0 Å². The van der Waals surface area contributed by atoms with Crippen molar-refractivity contribution in [2.45, 2.75) is 6.04 Å². The molecule has 0 aliphatic heterocycles. The summed E-state index contributed by atoms with van der Waals surface area (Å²) in [4.78, 5) is 20.8. The van der Waals surface area contributed by atoms with E-state index in [2.05, 4.69) is 9.47 Å². The van der Waals surface area contributed by atoms with Gasteiger partial charge in [-0.25, -0.2) is 15.3 Å². The van der Waals surface area contributed by atoms with Crippen molar-refractivity contribution in [3.05, 3.63) is 0 Å². The standard InChI is InChI=1S/C5H8NO4/c1-9-4(7)3(6)5(8)10-2/h3,6H,1-2H3. The Labute approximate surface area is 58.1 Å². The average molecular weight is 146 g/mol. The summed E-state index contributed by atoms with van der Waals surface area (Å²) in [6, 6.07) is -1.57. The van der Waals surface area contributed by atoms with E-state index in [9.17, 15) is 9.59 Å². The summed E-state index contributed by atoms with van der Waals surface area (Å²) in [5, 5.41) is 0. The van der Waals surface area contributed by atoms with Gasteiger partial charge in [-0.05, 0) is 0 Å². The lowest BCUT2D eigenvalue weighted by atomic mass is 10.3. The number of rotatable bonds is 2. The molecule has 0 aromatic heterocycles. The van der Waals surface area contributed by atoms with E-state index in [1.54, 1.807) is 0 Å². The van der Waals surface area contributed by atoms with Crippen LogP contribution >= 0.6 is 0 Å². The zero-order valence-electron chi connectivity index (χ0n) is 5.71. The minimum absolute atomic E-state index is 0.910. The van der Waals surface area contributed by atoms with Gasteiger partial charge in [0.25, 0.3) is 0 Å². The molecule has 0 heterocycles. The van der Waals surface area contributed by atoms with Crippen molar-refractivity contribution in [1.29, 1.82) is 0 Å². The van der Waals surface area contributed by atoms with Gasteiger partial charge in [-0.2, -0.15) is 0 Å². The van der Waals surface area contributed by atoms with Gasteiger partial charge < -0.3 is 9.47 Å². The predicted molar refractivity (Wildman–Crippen MR) is 30.9 cm³/mol. The average Bonchev–Trinajstić information content (AvgIpc) is 2.00. The molecule has 0 atom stereocenters. The smallest absolute Gasteiger partial charge is 0.335 e. The van der Waals surface area contributed by atoms with Crippen LogP contribution < -0.4 is 5.73 Å². The lowest BCUT2D eigenvalue weighted by Crippen LogP contribution is -2.33. The second-order valence-corrected chi connectivity index (χ2v) is 1.48. The van der Waals surface area contributed by atoms with E-state index in [-0.39, 0.29) is 0 Å². The molecule has 1 radical (unpaired) electrons. The minimum atomic E-state index is -1.57. The monoisotopic (exact) mass is 146 g/mol. The first kappa shape index (κ1) is 8.90. The Bertz CT molecular complexity index is 129. The van der Waals surface area contributed by atoms with Crippen LogP contribution in [0.25, 0.3) is 0 Å². The first-order valence-electron chi connectivity index (χ1n) is 2.50. The number of hydrogen-bond donors (Lipinski definition) is 0. The van der Waals surface area contributed by atoms with Gasteiger partial charge in [0.1, 0.15) is 0 Å². The number of ether oxygens (including phenoxy) is 2. The van der Waals surface area contributed by atoms with E-state index in [1.807, 2.05) is 0 Å². The fourth-order valence-electron chi connectivity index (χ4n) is 0.332. The molecule has 0 fully saturated rings. The topological polar surface area (TPSA) is 76.4 Å². The van der Waals surface area contributed by atoms with Crippen LogP contribution in [-0.4, -0.2) is 32.2 Å². The van der Waals surface area contributed by atoms with Gasteiger partial charge in [-0.15, -0.1) is 0 Å². The Balaban J connectivity index is 3.94. The maximum absolute atomic E-state index is 10.4. The maximum Gasteiger partial charge on any atom is 0.335 e. The third-order valence-electron chi connectivity index (χ3n) is 0.874. The van der Waals surface area contributed by atoms with Crippen LogP contribution in [0.5, 0.6) is 0 Å². The van der Waals surface area contributed by atoms with Crippen LogP contribution in [0.1, 0.15) is 0 Å². The van der Waals surface area contributed by atoms with E-state index >= 15 is 0 Å². The normalized spacial score (nSPS) is 9.20. The second-order valence-electron chi connectivity index (χ2n) is 1.48. The fourth-order valence-corrected chi connectivity index (χ4v) is 0.332. The molecule has 0 aliphatic rings. The molecule has 10 heavy (non-hydrogen) atoms. The van der Waals surface area contributed by atoms with Crippen molar-refractivity contribution in [1.82, 2.24) is 5.73 Å². The molecule has 0 saturated heterocycles. The molecule has 0 bridgehead atoms. The number of methoxy groups -OCH3 is 2. The van der Waals surface area contributed by atoms with Crippen molar-refractivity contribution in [3.8, 4) is 0 Å². The van der Waals surface area contributed by atoms with Crippen molar-refractivity contribution in [2.75, 3.05) is 14.2 Å². The highest BCUT2D eigenvalue weighted by atomic mass is 16.5. The molecule has 0 aliphatic carbocycles. The molecule has 0 rings (SSSR count). The Hall–Kier alpha value is -1.10. The van der Waals surface area contributed by atoms with Gasteiger partial charge in [0.2, 0.25) is 6.04 Å². The third kappa shape index (κ3) is 2.02. The summed E-state index contributed by atoms with van der Waals surface area (Å²) in [5.74, 6) is -1.82. The van der Waals surface area contributed by atoms with Crippen molar-refractivity contribution < 1.29 is 19.1 Å². The highest BCUT2D eigenvalue weighted by Crippen LogP contribution is 1.87. The zero-order valence-corrected chi connectivity index (χ0v) is 5.71. The van der Waals surface area contributed by atoms with Crippen molar-refractivity contribution >= 4 is 11.9 Å². The highest BCUT2D eigenvalue weighted by molar-refractivity contribution is 5.98. The molecular formula is C5H8NO4. The van der Waals surface area contributed by atoms with Crippen LogP contribution in [0.15, 0.2) is 0 Å². The van der Waals surface area contributed by atoms with E-state index in [0.29, 0.717) is 0 Å². The Morgan fingerprint density at radius 3 is 1.70 bits per heavy atom. The highest BCUT2D eigenvalue weighted by Gasteiger charge is 2.23. The van der Waals surface area contributed by atoms with Crippen LogP contribution in [-0.2, 0) is 19.1 Å². The summed E-state index contributed by atoms with van der Waals surface area (Å²) < 4.78 is 8.22. The van der Waals surface area contributed by atoms with E-state index in [1.165, 1.54) is 0 Å². The van der Waals surface area contributed by atoms with Crippen LogP contribution in [0.2, 0.25) is 0 Å². The number of carbonyl (C=O) groups is 2. The van der Waals surface area contributed by atoms with Crippen molar-refractivity contribution in [3.63, 3.8) is 0 Å². The summed E-state index contributed by atoms with van der Waals surface area (Å²) in [6.45, 7) is 0. The minimum Gasteiger partial charge on any atom is -0.467 e. The summed E-state index contributed by atoms with van der Waals surface area (Å²) in [7, 11) is 2.21. The molecule has 5 heteroatoms. The van der Waals surface area contributed by atoms with E-state index < -0.39 is 18.0 Å². The lowest BCUT2D eigenvalue weighted by Gasteiger charge is -2.03. The zero-order chi connectivity index (χ0) is 8.15. The molecule has 0 amide bonds. The summed E-state index contributed by atoms with van der Waals surface area (Å²) in [6.07, 6.45) is 0.